The number of ketones is 1. The smallest absolute Gasteiger partial charge is 0.254 e. The van der Waals surface area contributed by atoms with E-state index in [0.717, 1.165) is 48.9 Å². The van der Waals surface area contributed by atoms with Crippen molar-refractivity contribution < 1.29 is 9.59 Å². The van der Waals surface area contributed by atoms with Crippen LogP contribution in [0.15, 0.2) is 18.2 Å². The van der Waals surface area contributed by atoms with Gasteiger partial charge in [0.05, 0.1) is 0 Å². The third-order valence-electron chi connectivity index (χ3n) is 4.13. The molecular formula is C18H25NO2. The summed E-state index contributed by atoms with van der Waals surface area (Å²) in [5, 5.41) is 0. The Labute approximate surface area is 127 Å². The fourth-order valence-corrected chi connectivity index (χ4v) is 3.25. The number of carbonyl (C=O) groups excluding carboxylic acids is 2. The highest BCUT2D eigenvalue weighted by atomic mass is 16.2. The van der Waals surface area contributed by atoms with Gasteiger partial charge in [0, 0.05) is 24.6 Å². The Morgan fingerprint density at radius 3 is 2.38 bits per heavy atom. The number of aryl methyl sites for hydroxylation is 2. The van der Waals surface area contributed by atoms with Crippen molar-refractivity contribution in [3.05, 3.63) is 34.9 Å². The molecule has 1 unspecified atom stereocenters. The molecule has 1 aromatic rings. The number of likely N-dealkylation sites (tertiary alicyclic amines) is 1. The van der Waals surface area contributed by atoms with Gasteiger partial charge in [-0.25, -0.2) is 0 Å². The van der Waals surface area contributed by atoms with E-state index in [1.54, 1.807) is 6.92 Å². The molecule has 0 radical (unpaired) electrons. The van der Waals surface area contributed by atoms with Crippen LogP contribution in [0.5, 0.6) is 0 Å². The monoisotopic (exact) mass is 287 g/mol. The van der Waals surface area contributed by atoms with Crippen LogP contribution in [0.4, 0.5) is 0 Å². The summed E-state index contributed by atoms with van der Waals surface area (Å²) >= 11 is 0. The number of amides is 1. The molecule has 0 aliphatic carbocycles. The van der Waals surface area contributed by atoms with E-state index in [-0.39, 0.29) is 17.7 Å². The average molecular weight is 287 g/mol. The molecule has 1 aliphatic heterocycles. The Morgan fingerprint density at radius 1 is 1.10 bits per heavy atom. The maximum absolute atomic E-state index is 12.9. The Hall–Kier alpha value is -1.64. The molecule has 0 bridgehead atoms. The maximum Gasteiger partial charge on any atom is 0.254 e. The van der Waals surface area contributed by atoms with E-state index in [1.807, 2.05) is 30.9 Å². The van der Waals surface area contributed by atoms with Crippen molar-refractivity contribution in [1.82, 2.24) is 4.90 Å². The van der Waals surface area contributed by atoms with E-state index >= 15 is 0 Å². The first-order valence-corrected chi connectivity index (χ1v) is 7.86. The summed E-state index contributed by atoms with van der Waals surface area (Å²) in [6, 6.07) is 6.04. The molecule has 0 spiro atoms. The largest absolute Gasteiger partial charge is 0.335 e. The fourth-order valence-electron chi connectivity index (χ4n) is 3.25. The molecule has 1 aliphatic rings. The highest BCUT2D eigenvalue weighted by Gasteiger charge is 2.27. The summed E-state index contributed by atoms with van der Waals surface area (Å²) in [6.45, 7) is 6.41. The molecule has 1 amide bonds. The number of nitrogens with zero attached hydrogens (tertiary/aromatic N) is 1. The predicted molar refractivity (Wildman–Crippen MR) is 84.5 cm³/mol. The van der Waals surface area contributed by atoms with Crippen LogP contribution in [0.3, 0.4) is 0 Å². The first-order chi connectivity index (χ1) is 9.97. The number of benzene rings is 1. The van der Waals surface area contributed by atoms with E-state index < -0.39 is 0 Å². The third-order valence-corrected chi connectivity index (χ3v) is 4.13. The lowest BCUT2D eigenvalue weighted by atomic mass is 10.0. The van der Waals surface area contributed by atoms with Crippen LogP contribution >= 0.6 is 0 Å². The predicted octanol–water partition coefficient (Wildman–Crippen LogP) is 3.67. The third kappa shape index (κ3) is 4.16. The molecule has 1 saturated heterocycles. The second-order valence-corrected chi connectivity index (χ2v) is 6.28. The zero-order chi connectivity index (χ0) is 15.4. The van der Waals surface area contributed by atoms with Crippen LogP contribution in [-0.2, 0) is 4.79 Å². The van der Waals surface area contributed by atoms with E-state index in [4.69, 9.17) is 0 Å². The number of carbonyl (C=O) groups is 2. The lowest BCUT2D eigenvalue weighted by Gasteiger charge is -2.30. The number of hydrogen-bond donors (Lipinski definition) is 0. The molecule has 21 heavy (non-hydrogen) atoms. The van der Waals surface area contributed by atoms with Crippen LogP contribution in [0.25, 0.3) is 0 Å². The minimum Gasteiger partial charge on any atom is -0.335 e. The standard InChI is InChI=1S/C18H25NO2/c1-13-9-14(2)11-16(10-13)18(21)19-8-6-4-5-7-17(19)12-15(3)20/h9-11,17H,4-8,12H2,1-3H3. The molecule has 1 aromatic carbocycles. The lowest BCUT2D eigenvalue weighted by Crippen LogP contribution is -2.41. The summed E-state index contributed by atoms with van der Waals surface area (Å²) < 4.78 is 0. The van der Waals surface area contributed by atoms with Gasteiger partial charge in [-0.3, -0.25) is 9.59 Å². The number of hydrogen-bond acceptors (Lipinski definition) is 2. The summed E-state index contributed by atoms with van der Waals surface area (Å²) in [5.41, 5.74) is 2.97. The van der Waals surface area contributed by atoms with Gasteiger partial charge in [0.2, 0.25) is 0 Å². The van der Waals surface area contributed by atoms with E-state index in [9.17, 15) is 9.59 Å². The van der Waals surface area contributed by atoms with Crippen LogP contribution in [-0.4, -0.2) is 29.2 Å². The number of Topliss-reactive ketones (excluding diaryl/α,β-unsaturated/α-hetero) is 1. The summed E-state index contributed by atoms with van der Waals surface area (Å²) in [7, 11) is 0. The first kappa shape index (κ1) is 15.7. The molecule has 0 N–H and O–H groups in total. The molecule has 114 valence electrons. The Morgan fingerprint density at radius 2 is 1.76 bits per heavy atom. The molecule has 3 heteroatoms. The second-order valence-electron chi connectivity index (χ2n) is 6.28. The number of rotatable bonds is 3. The topological polar surface area (TPSA) is 37.4 Å². The minimum atomic E-state index is 0.0679. The van der Waals surface area contributed by atoms with Gasteiger partial charge < -0.3 is 4.90 Å². The van der Waals surface area contributed by atoms with Crippen LogP contribution in [0.2, 0.25) is 0 Å². The minimum absolute atomic E-state index is 0.0679. The van der Waals surface area contributed by atoms with Gasteiger partial charge in [0.25, 0.3) is 5.91 Å². The van der Waals surface area contributed by atoms with Crippen LogP contribution in [0.1, 0.15) is 60.5 Å². The van der Waals surface area contributed by atoms with E-state index in [1.165, 1.54) is 0 Å². The first-order valence-electron chi connectivity index (χ1n) is 7.86. The quantitative estimate of drug-likeness (QED) is 0.850. The van der Waals surface area contributed by atoms with Gasteiger partial charge in [0.1, 0.15) is 5.78 Å². The van der Waals surface area contributed by atoms with Crippen molar-refractivity contribution in [2.24, 2.45) is 0 Å². The summed E-state index contributed by atoms with van der Waals surface area (Å²) in [5.74, 6) is 0.245. The molecule has 0 saturated carbocycles. The molecule has 1 atom stereocenters. The van der Waals surface area contributed by atoms with Crippen molar-refractivity contribution >= 4 is 11.7 Å². The molecular weight excluding hydrogens is 262 g/mol. The van der Waals surface area contributed by atoms with Crippen molar-refractivity contribution in [2.45, 2.75) is 58.9 Å². The molecule has 3 nitrogen and oxygen atoms in total. The van der Waals surface area contributed by atoms with Crippen molar-refractivity contribution in [3.63, 3.8) is 0 Å². The van der Waals surface area contributed by atoms with Crippen LogP contribution in [0, 0.1) is 13.8 Å². The fraction of sp³-hybridized carbons (Fsp3) is 0.556. The van der Waals surface area contributed by atoms with E-state index in [0.29, 0.717) is 6.42 Å². The Balaban J connectivity index is 2.26. The van der Waals surface area contributed by atoms with Gasteiger partial charge in [-0.1, -0.05) is 30.0 Å². The van der Waals surface area contributed by atoms with E-state index in [2.05, 4.69) is 6.07 Å². The van der Waals surface area contributed by atoms with Gasteiger partial charge >= 0.3 is 0 Å². The van der Waals surface area contributed by atoms with Crippen molar-refractivity contribution in [3.8, 4) is 0 Å². The lowest BCUT2D eigenvalue weighted by molar-refractivity contribution is -0.118. The van der Waals surface area contributed by atoms with Gasteiger partial charge in [0.15, 0.2) is 0 Å². The van der Waals surface area contributed by atoms with Crippen molar-refractivity contribution in [1.29, 1.82) is 0 Å². The van der Waals surface area contributed by atoms with Crippen molar-refractivity contribution in [2.75, 3.05) is 6.54 Å². The SMILES string of the molecule is CC(=O)CC1CCCCCN1C(=O)c1cc(C)cc(C)c1. The normalized spacial score (nSPS) is 19.2. The van der Waals surface area contributed by atoms with Gasteiger partial charge in [-0.15, -0.1) is 0 Å². The molecule has 2 rings (SSSR count). The highest BCUT2D eigenvalue weighted by Crippen LogP contribution is 2.22. The second kappa shape index (κ2) is 6.88. The zero-order valence-corrected chi connectivity index (χ0v) is 13.3. The molecule has 1 heterocycles. The molecule has 1 fully saturated rings. The average Bonchev–Trinajstić information content (AvgIpc) is 2.61. The summed E-state index contributed by atoms with van der Waals surface area (Å²) in [4.78, 5) is 26.3. The zero-order valence-electron chi connectivity index (χ0n) is 13.3. The Kier molecular flexibility index (Phi) is 5.16. The maximum atomic E-state index is 12.9. The summed E-state index contributed by atoms with van der Waals surface area (Å²) in [6.07, 6.45) is 4.71. The van der Waals surface area contributed by atoms with Gasteiger partial charge in [-0.05, 0) is 45.7 Å². The highest BCUT2D eigenvalue weighted by molar-refractivity contribution is 5.95. The molecule has 0 aromatic heterocycles. The van der Waals surface area contributed by atoms with Crippen LogP contribution < -0.4 is 0 Å². The Bertz CT molecular complexity index is 516. The van der Waals surface area contributed by atoms with Gasteiger partial charge in [-0.2, -0.15) is 0 Å².